The summed E-state index contributed by atoms with van der Waals surface area (Å²) in [5.74, 6) is 0.137. The second-order valence-corrected chi connectivity index (χ2v) is 13.5. The molecule has 1 heterocycles. The maximum atomic E-state index is 13.7. The number of nitrogens with one attached hydrogen (secondary N) is 3. The number of aromatic nitrogens is 1. The van der Waals surface area contributed by atoms with Gasteiger partial charge in [0.2, 0.25) is 5.91 Å². The van der Waals surface area contributed by atoms with Crippen molar-refractivity contribution in [3.63, 3.8) is 0 Å². The summed E-state index contributed by atoms with van der Waals surface area (Å²) in [5.41, 5.74) is 4.37. The fraction of sp³-hybridized carbons (Fsp3) is 0.167. The Morgan fingerprint density at radius 2 is 1.36 bits per heavy atom. The number of ether oxygens (including phenoxy) is 3. The maximum Gasteiger partial charge on any atom is 0.272 e. The Morgan fingerprint density at radius 3 is 2.06 bits per heavy atom. The number of rotatable bonds is 13. The van der Waals surface area contributed by atoms with Crippen LogP contribution in [0.1, 0.15) is 29.8 Å². The van der Waals surface area contributed by atoms with E-state index in [4.69, 9.17) is 14.2 Å². The minimum absolute atomic E-state index is 0.0226. The van der Waals surface area contributed by atoms with Crippen LogP contribution in [0.5, 0.6) is 17.2 Å². The average Bonchev–Trinajstić information content (AvgIpc) is 3.51. The average molecular weight is 729 g/mol. The molecule has 0 saturated carbocycles. The van der Waals surface area contributed by atoms with Crippen molar-refractivity contribution in [2.45, 2.75) is 30.5 Å². The van der Waals surface area contributed by atoms with Gasteiger partial charge in [-0.1, -0.05) is 36.4 Å². The third-order valence-corrected chi connectivity index (χ3v) is 9.83. The normalized spacial score (nSPS) is 11.9. The number of thioether (sulfide) groups is 1. The highest BCUT2D eigenvalue weighted by Crippen LogP contribution is 2.36. The number of carbonyl (C=O) groups excluding carboxylic acids is 3. The number of amides is 3. The summed E-state index contributed by atoms with van der Waals surface area (Å²) in [6.45, 7) is 4.83. The summed E-state index contributed by atoms with van der Waals surface area (Å²) in [6.07, 6.45) is 1.51. The molecule has 1 atom stereocenters. The predicted octanol–water partition coefficient (Wildman–Crippen LogP) is 8.37. The number of methoxy groups -OCH3 is 3. The molecular formula is C42H40N4O6S. The molecule has 0 aliphatic carbocycles. The van der Waals surface area contributed by atoms with Crippen molar-refractivity contribution in [3.8, 4) is 17.2 Å². The van der Waals surface area contributed by atoms with Crippen LogP contribution in [0.3, 0.4) is 0 Å². The van der Waals surface area contributed by atoms with Crippen molar-refractivity contribution in [3.05, 3.63) is 126 Å². The first-order valence-electron chi connectivity index (χ1n) is 17.0. The monoisotopic (exact) mass is 728 g/mol. The number of para-hydroxylation sites is 1. The number of fused-ring (bicyclic) bond motifs is 3. The van der Waals surface area contributed by atoms with Crippen LogP contribution < -0.4 is 30.2 Å². The van der Waals surface area contributed by atoms with E-state index in [2.05, 4.69) is 45.6 Å². The molecule has 5 aromatic carbocycles. The zero-order valence-corrected chi connectivity index (χ0v) is 30.9. The van der Waals surface area contributed by atoms with Crippen LogP contribution >= 0.6 is 11.8 Å². The molecule has 270 valence electrons. The van der Waals surface area contributed by atoms with E-state index in [0.717, 1.165) is 33.4 Å². The molecule has 1 unspecified atom stereocenters. The Morgan fingerprint density at radius 1 is 0.717 bits per heavy atom. The van der Waals surface area contributed by atoms with Crippen LogP contribution in [0.4, 0.5) is 11.4 Å². The molecule has 53 heavy (non-hydrogen) atoms. The molecule has 11 heteroatoms. The van der Waals surface area contributed by atoms with Gasteiger partial charge in [-0.25, -0.2) is 0 Å². The smallest absolute Gasteiger partial charge is 0.272 e. The molecule has 0 bridgehead atoms. The van der Waals surface area contributed by atoms with Gasteiger partial charge in [-0.2, -0.15) is 0 Å². The van der Waals surface area contributed by atoms with E-state index in [0.29, 0.717) is 34.1 Å². The van der Waals surface area contributed by atoms with Crippen molar-refractivity contribution in [1.82, 2.24) is 9.88 Å². The highest BCUT2D eigenvalue weighted by atomic mass is 32.2. The van der Waals surface area contributed by atoms with Gasteiger partial charge in [0.05, 0.1) is 26.6 Å². The van der Waals surface area contributed by atoms with E-state index < -0.39 is 17.1 Å². The largest absolute Gasteiger partial charge is 0.496 e. The van der Waals surface area contributed by atoms with E-state index in [-0.39, 0.29) is 11.6 Å². The van der Waals surface area contributed by atoms with Crippen LogP contribution in [0.2, 0.25) is 0 Å². The first kappa shape index (κ1) is 36.6. The molecule has 0 spiro atoms. The third kappa shape index (κ3) is 8.15. The summed E-state index contributed by atoms with van der Waals surface area (Å²) in [4.78, 5) is 41.0. The Bertz CT molecular complexity index is 2320. The molecule has 3 amide bonds. The minimum Gasteiger partial charge on any atom is -0.496 e. The molecule has 10 nitrogen and oxygen atoms in total. The van der Waals surface area contributed by atoms with Crippen molar-refractivity contribution in [2.75, 3.05) is 32.0 Å². The van der Waals surface area contributed by atoms with Gasteiger partial charge >= 0.3 is 0 Å². The highest BCUT2D eigenvalue weighted by molar-refractivity contribution is 8.00. The molecule has 1 aromatic heterocycles. The number of nitrogens with zero attached hydrogens (tertiary/aromatic N) is 1. The van der Waals surface area contributed by atoms with E-state index in [9.17, 15) is 14.4 Å². The van der Waals surface area contributed by atoms with Gasteiger partial charge in [0.1, 0.15) is 11.4 Å². The van der Waals surface area contributed by atoms with Crippen LogP contribution in [0.25, 0.3) is 27.9 Å². The zero-order valence-electron chi connectivity index (χ0n) is 30.1. The van der Waals surface area contributed by atoms with Gasteiger partial charge in [0.25, 0.3) is 11.8 Å². The topological polar surface area (TPSA) is 120 Å². The second kappa shape index (κ2) is 16.4. The zero-order chi connectivity index (χ0) is 37.5. The van der Waals surface area contributed by atoms with E-state index in [1.165, 1.54) is 44.7 Å². The predicted molar refractivity (Wildman–Crippen MR) is 212 cm³/mol. The molecule has 0 aliphatic heterocycles. The lowest BCUT2D eigenvalue weighted by Crippen LogP contribution is -2.30. The number of aryl methyl sites for hydroxylation is 1. The lowest BCUT2D eigenvalue weighted by atomic mass is 10.1. The van der Waals surface area contributed by atoms with Crippen LogP contribution in [0, 0.1) is 0 Å². The fourth-order valence-corrected chi connectivity index (χ4v) is 6.92. The van der Waals surface area contributed by atoms with Crippen molar-refractivity contribution in [1.29, 1.82) is 0 Å². The minimum atomic E-state index is -0.557. The van der Waals surface area contributed by atoms with Gasteiger partial charge in [0, 0.05) is 61.8 Å². The Labute approximate surface area is 312 Å². The number of anilines is 2. The van der Waals surface area contributed by atoms with Crippen molar-refractivity contribution < 1.29 is 28.6 Å². The molecule has 6 rings (SSSR count). The van der Waals surface area contributed by atoms with Crippen molar-refractivity contribution >= 4 is 68.7 Å². The summed E-state index contributed by atoms with van der Waals surface area (Å²) >= 11 is 1.40. The number of carbonyl (C=O) groups is 3. The first-order valence-corrected chi connectivity index (χ1v) is 17.9. The van der Waals surface area contributed by atoms with E-state index in [1.54, 1.807) is 54.6 Å². The highest BCUT2D eigenvalue weighted by Gasteiger charge is 2.20. The van der Waals surface area contributed by atoms with Crippen LogP contribution in [-0.4, -0.2) is 48.9 Å². The summed E-state index contributed by atoms with van der Waals surface area (Å²) in [7, 11) is 4.52. The first-order chi connectivity index (χ1) is 25.7. The quantitative estimate of drug-likeness (QED) is 0.0808. The molecule has 6 aromatic rings. The molecular weight excluding hydrogens is 689 g/mol. The van der Waals surface area contributed by atoms with E-state index in [1.807, 2.05) is 43.3 Å². The van der Waals surface area contributed by atoms with Crippen molar-refractivity contribution in [2.24, 2.45) is 0 Å². The number of benzene rings is 5. The van der Waals surface area contributed by atoms with Crippen LogP contribution in [-0.2, 0) is 16.1 Å². The molecule has 0 fully saturated rings. The van der Waals surface area contributed by atoms with Gasteiger partial charge in [0.15, 0.2) is 11.5 Å². The molecule has 0 radical (unpaired) electrons. The Kier molecular flexibility index (Phi) is 11.3. The fourth-order valence-electron chi connectivity index (χ4n) is 6.05. The summed E-state index contributed by atoms with van der Waals surface area (Å²) in [5, 5.41) is 10.5. The Hall–Kier alpha value is -6.20. The summed E-state index contributed by atoms with van der Waals surface area (Å²) in [6, 6.07) is 33.4. The standard InChI is InChI=1S/C42H40N4O6S/c1-6-46-35-15-11-10-14-32(35)33-24-30(18-21-36(33)46)44-40(47)26(2)53-31-19-16-29(17-20-31)43-42(49)34(45-41(48)27-12-8-7-9-13-27)22-28-23-38(51-4)39(52-5)25-37(28)50-3/h7-26H,6H2,1-5H3,(H,43,49)(H,44,47)(H,45,48)/b34-22-. The van der Waals surface area contributed by atoms with Gasteiger partial charge < -0.3 is 34.7 Å². The number of hydrogen-bond acceptors (Lipinski definition) is 7. The molecule has 0 saturated heterocycles. The number of hydrogen-bond donors (Lipinski definition) is 3. The van der Waals surface area contributed by atoms with Gasteiger partial charge in [-0.15, -0.1) is 11.8 Å². The molecule has 0 aliphatic rings. The third-order valence-electron chi connectivity index (χ3n) is 8.71. The summed E-state index contributed by atoms with van der Waals surface area (Å²) < 4.78 is 18.7. The SMILES string of the molecule is CCn1c2ccccc2c2cc(NC(=O)C(C)Sc3ccc(NC(=O)/C(=C/c4cc(OC)c(OC)cc4OC)NC(=O)c4ccccc4)cc3)ccc21. The van der Waals surface area contributed by atoms with Gasteiger partial charge in [-0.05, 0) is 86.7 Å². The second-order valence-electron chi connectivity index (χ2n) is 12.0. The van der Waals surface area contributed by atoms with E-state index >= 15 is 0 Å². The maximum absolute atomic E-state index is 13.7. The molecule has 3 N–H and O–H groups in total. The van der Waals surface area contributed by atoms with Gasteiger partial charge in [-0.3, -0.25) is 14.4 Å². The lowest BCUT2D eigenvalue weighted by Gasteiger charge is -2.15. The lowest BCUT2D eigenvalue weighted by molar-refractivity contribution is -0.115. The Balaban J connectivity index is 1.16. The van der Waals surface area contributed by atoms with Crippen LogP contribution in [0.15, 0.2) is 120 Å².